The maximum absolute atomic E-state index is 5.00. The van der Waals surface area contributed by atoms with Crippen LogP contribution in [0.15, 0.2) is 176 Å². The third-order valence-corrected chi connectivity index (χ3v) is 9.08. The minimum absolute atomic E-state index is 0.644. The van der Waals surface area contributed by atoms with Crippen LogP contribution in [0.3, 0.4) is 0 Å². The Bertz CT molecular complexity index is 2540. The van der Waals surface area contributed by atoms with Gasteiger partial charge in [-0.05, 0) is 72.8 Å². The van der Waals surface area contributed by atoms with Crippen LogP contribution in [0.4, 0.5) is 0 Å². The second-order valence-corrected chi connectivity index (χ2v) is 12.0. The Morgan fingerprint density at radius 2 is 0.667 bits per heavy atom. The van der Waals surface area contributed by atoms with Gasteiger partial charge in [0.15, 0.2) is 17.5 Å². The second-order valence-electron chi connectivity index (χ2n) is 12.0. The summed E-state index contributed by atoms with van der Waals surface area (Å²) in [6.45, 7) is 0. The lowest BCUT2D eigenvalue weighted by Crippen LogP contribution is -2.00. The van der Waals surface area contributed by atoms with Crippen molar-refractivity contribution in [3.63, 3.8) is 0 Å². The molecule has 9 rings (SSSR count). The summed E-state index contributed by atoms with van der Waals surface area (Å²) in [4.78, 5) is 14.9. The van der Waals surface area contributed by atoms with Crippen molar-refractivity contribution in [1.29, 1.82) is 0 Å². The SMILES string of the molecule is c1ccc(-c2nc(-c3ccccc3)nc(-c3cccc(-c4cc(-c5ccccc5)c5c6ccccc6c6ccccc6c5c4)c3)n2)cc1. The van der Waals surface area contributed by atoms with Gasteiger partial charge in [0.1, 0.15) is 0 Å². The second kappa shape index (κ2) is 11.7. The maximum Gasteiger partial charge on any atom is 0.164 e. The Morgan fingerprint density at radius 1 is 0.250 bits per heavy atom. The van der Waals surface area contributed by atoms with E-state index in [1.165, 1.54) is 43.4 Å². The van der Waals surface area contributed by atoms with Crippen LogP contribution in [0.2, 0.25) is 0 Å². The third kappa shape index (κ3) is 4.90. The van der Waals surface area contributed by atoms with Crippen molar-refractivity contribution in [3.8, 4) is 56.4 Å². The molecule has 0 aliphatic heterocycles. The number of benzene rings is 8. The van der Waals surface area contributed by atoms with E-state index >= 15 is 0 Å². The average Bonchev–Trinajstić information content (AvgIpc) is 3.18. The molecule has 48 heavy (non-hydrogen) atoms. The van der Waals surface area contributed by atoms with Crippen molar-refractivity contribution in [2.45, 2.75) is 0 Å². The summed E-state index contributed by atoms with van der Waals surface area (Å²) >= 11 is 0. The summed E-state index contributed by atoms with van der Waals surface area (Å²) in [6.07, 6.45) is 0. The third-order valence-electron chi connectivity index (χ3n) is 9.08. The first kappa shape index (κ1) is 27.8. The minimum Gasteiger partial charge on any atom is -0.208 e. The molecule has 9 aromatic rings. The lowest BCUT2D eigenvalue weighted by atomic mass is 9.87. The van der Waals surface area contributed by atoms with E-state index in [4.69, 9.17) is 15.0 Å². The molecular weight excluding hydrogens is 583 g/mol. The molecule has 0 aliphatic rings. The molecule has 0 saturated carbocycles. The van der Waals surface area contributed by atoms with Crippen LogP contribution in [-0.4, -0.2) is 15.0 Å². The molecule has 1 aromatic heterocycles. The fraction of sp³-hybridized carbons (Fsp3) is 0. The number of hydrogen-bond acceptors (Lipinski definition) is 3. The highest BCUT2D eigenvalue weighted by atomic mass is 15.0. The van der Waals surface area contributed by atoms with Gasteiger partial charge in [0.05, 0.1) is 0 Å². The van der Waals surface area contributed by atoms with E-state index < -0.39 is 0 Å². The summed E-state index contributed by atoms with van der Waals surface area (Å²) in [5.74, 6) is 1.95. The van der Waals surface area contributed by atoms with Gasteiger partial charge < -0.3 is 0 Å². The molecule has 3 heteroatoms. The van der Waals surface area contributed by atoms with Crippen LogP contribution >= 0.6 is 0 Å². The van der Waals surface area contributed by atoms with Crippen LogP contribution < -0.4 is 0 Å². The molecular formula is C45H29N3. The zero-order valence-corrected chi connectivity index (χ0v) is 26.1. The molecule has 3 nitrogen and oxygen atoms in total. The van der Waals surface area contributed by atoms with E-state index in [-0.39, 0.29) is 0 Å². The van der Waals surface area contributed by atoms with Crippen LogP contribution in [-0.2, 0) is 0 Å². The molecule has 0 radical (unpaired) electrons. The summed E-state index contributed by atoms with van der Waals surface area (Å²) in [5.41, 5.74) is 7.50. The van der Waals surface area contributed by atoms with Crippen molar-refractivity contribution < 1.29 is 0 Å². The summed E-state index contributed by atoms with van der Waals surface area (Å²) in [6, 6.07) is 61.8. The zero-order chi connectivity index (χ0) is 31.9. The Hall–Kier alpha value is -6.45. The Labute approximate surface area is 278 Å². The minimum atomic E-state index is 0.644. The van der Waals surface area contributed by atoms with Gasteiger partial charge in [0, 0.05) is 16.7 Å². The molecule has 0 atom stereocenters. The highest BCUT2D eigenvalue weighted by molar-refractivity contribution is 6.29. The largest absolute Gasteiger partial charge is 0.208 e. The van der Waals surface area contributed by atoms with E-state index in [1.54, 1.807) is 0 Å². The van der Waals surface area contributed by atoms with Gasteiger partial charge in [0.2, 0.25) is 0 Å². The molecule has 8 aromatic carbocycles. The first-order valence-electron chi connectivity index (χ1n) is 16.2. The van der Waals surface area contributed by atoms with Crippen LogP contribution in [0.1, 0.15) is 0 Å². The summed E-state index contributed by atoms with van der Waals surface area (Å²) < 4.78 is 0. The fourth-order valence-corrected chi connectivity index (χ4v) is 6.82. The van der Waals surface area contributed by atoms with E-state index in [9.17, 15) is 0 Å². The van der Waals surface area contributed by atoms with E-state index in [0.29, 0.717) is 17.5 Å². The zero-order valence-electron chi connectivity index (χ0n) is 26.1. The standard InChI is InChI=1S/C45H29N3/c1-4-15-30(16-5-1)40-28-35(29-41-38-25-11-10-23-36(38)37-24-12-13-26-39(37)42(40)41)33-21-14-22-34(27-33)45-47-43(31-17-6-2-7-18-31)46-44(48-45)32-19-8-3-9-20-32/h1-29H. The van der Waals surface area contributed by atoms with Crippen molar-refractivity contribution in [1.82, 2.24) is 15.0 Å². The van der Waals surface area contributed by atoms with Crippen LogP contribution in [0.25, 0.3) is 88.7 Å². The van der Waals surface area contributed by atoms with Crippen molar-refractivity contribution in [2.24, 2.45) is 0 Å². The molecule has 224 valence electrons. The first-order valence-corrected chi connectivity index (χ1v) is 16.2. The number of aromatic nitrogens is 3. The van der Waals surface area contributed by atoms with Gasteiger partial charge in [-0.3, -0.25) is 0 Å². The van der Waals surface area contributed by atoms with Gasteiger partial charge in [-0.2, -0.15) is 0 Å². The highest BCUT2D eigenvalue weighted by Gasteiger charge is 2.17. The predicted octanol–water partition coefficient (Wildman–Crippen LogP) is 11.7. The maximum atomic E-state index is 5.00. The molecule has 0 saturated heterocycles. The van der Waals surface area contributed by atoms with Crippen LogP contribution in [0.5, 0.6) is 0 Å². The van der Waals surface area contributed by atoms with Crippen molar-refractivity contribution in [2.75, 3.05) is 0 Å². The number of hydrogen-bond donors (Lipinski definition) is 0. The summed E-state index contributed by atoms with van der Waals surface area (Å²) in [5, 5.41) is 7.55. The first-order chi connectivity index (χ1) is 23.8. The summed E-state index contributed by atoms with van der Waals surface area (Å²) in [7, 11) is 0. The highest BCUT2D eigenvalue weighted by Crippen LogP contribution is 2.43. The quantitative estimate of drug-likeness (QED) is 0.182. The lowest BCUT2D eigenvalue weighted by Gasteiger charge is -2.17. The van der Waals surface area contributed by atoms with E-state index in [1.807, 2.05) is 60.7 Å². The van der Waals surface area contributed by atoms with Crippen molar-refractivity contribution >= 4 is 32.3 Å². The monoisotopic (exact) mass is 611 g/mol. The molecule has 0 bridgehead atoms. The molecule has 0 fully saturated rings. The van der Waals surface area contributed by atoms with Gasteiger partial charge in [-0.15, -0.1) is 0 Å². The number of fused-ring (bicyclic) bond motifs is 6. The topological polar surface area (TPSA) is 38.7 Å². The van der Waals surface area contributed by atoms with Gasteiger partial charge in [-0.1, -0.05) is 158 Å². The van der Waals surface area contributed by atoms with Crippen molar-refractivity contribution in [3.05, 3.63) is 176 Å². The van der Waals surface area contributed by atoms with E-state index in [0.717, 1.165) is 27.8 Å². The Morgan fingerprint density at radius 3 is 1.25 bits per heavy atom. The van der Waals surface area contributed by atoms with Gasteiger partial charge >= 0.3 is 0 Å². The van der Waals surface area contributed by atoms with E-state index in [2.05, 4.69) is 115 Å². The fourth-order valence-electron chi connectivity index (χ4n) is 6.82. The Balaban J connectivity index is 1.28. The molecule has 0 aliphatic carbocycles. The predicted molar refractivity (Wildman–Crippen MR) is 200 cm³/mol. The smallest absolute Gasteiger partial charge is 0.164 e. The lowest BCUT2D eigenvalue weighted by molar-refractivity contribution is 1.07. The van der Waals surface area contributed by atoms with Gasteiger partial charge in [-0.25, -0.2) is 15.0 Å². The number of nitrogens with zero attached hydrogens (tertiary/aromatic N) is 3. The number of rotatable bonds is 5. The molecule has 0 unspecified atom stereocenters. The normalized spacial score (nSPS) is 11.3. The van der Waals surface area contributed by atoms with Gasteiger partial charge in [0.25, 0.3) is 0 Å². The average molecular weight is 612 g/mol. The Kier molecular flexibility index (Phi) is 6.80. The molecule has 0 N–H and O–H groups in total. The molecule has 1 heterocycles. The molecule has 0 amide bonds. The molecule has 0 spiro atoms. The van der Waals surface area contributed by atoms with Crippen LogP contribution in [0, 0.1) is 0 Å².